The van der Waals surface area contributed by atoms with Crippen molar-refractivity contribution in [3.05, 3.63) is 58.1 Å². The van der Waals surface area contributed by atoms with Crippen LogP contribution in [0.2, 0.25) is 0 Å². The third-order valence-corrected chi connectivity index (χ3v) is 3.51. The van der Waals surface area contributed by atoms with Gasteiger partial charge in [-0.15, -0.1) is 0 Å². The number of carbonyl (C=O) groups excluding carboxylic acids is 1. The molecule has 3 rings (SSSR count). The lowest BCUT2D eigenvalue weighted by atomic mass is 10.2. The van der Waals surface area contributed by atoms with Crippen molar-refractivity contribution in [1.29, 1.82) is 5.41 Å². The van der Waals surface area contributed by atoms with Crippen molar-refractivity contribution in [1.82, 2.24) is 19.9 Å². The predicted molar refractivity (Wildman–Crippen MR) is 91.2 cm³/mol. The molecule has 3 aromatic rings. The fourth-order valence-corrected chi connectivity index (χ4v) is 2.45. The number of nitrogen functional groups attached to an aromatic ring is 1. The molecule has 1 amide bonds. The molecule has 122 valence electrons. The standard InChI is InChI=1S/C16H16N6O2/c1-9(17)19-15(23)11-7-12-13(14(18)20-11)21-16(24)22(12)8-10-5-3-2-4-6-10/h2-7H,8H2,1H3,(H2,18,20)(H,21,24)(H2,17,19,23). The average molecular weight is 324 g/mol. The molecule has 0 unspecified atom stereocenters. The molecule has 2 aromatic heterocycles. The number of nitrogens with two attached hydrogens (primary N) is 1. The fourth-order valence-electron chi connectivity index (χ4n) is 2.45. The van der Waals surface area contributed by atoms with Gasteiger partial charge in [-0.3, -0.25) is 14.8 Å². The molecule has 0 saturated heterocycles. The zero-order valence-corrected chi connectivity index (χ0v) is 13.0. The number of pyridine rings is 1. The molecule has 1 aromatic carbocycles. The van der Waals surface area contributed by atoms with Gasteiger partial charge < -0.3 is 16.0 Å². The van der Waals surface area contributed by atoms with Gasteiger partial charge in [-0.1, -0.05) is 30.3 Å². The Bertz CT molecular complexity index is 987. The number of nitrogens with one attached hydrogen (secondary N) is 3. The van der Waals surface area contributed by atoms with Crippen LogP contribution in [0, 0.1) is 5.41 Å². The van der Waals surface area contributed by atoms with E-state index in [4.69, 9.17) is 11.1 Å². The molecule has 0 spiro atoms. The van der Waals surface area contributed by atoms with E-state index in [-0.39, 0.29) is 23.0 Å². The van der Waals surface area contributed by atoms with Crippen molar-refractivity contribution >= 4 is 28.6 Å². The Morgan fingerprint density at radius 2 is 2.08 bits per heavy atom. The van der Waals surface area contributed by atoms with E-state index >= 15 is 0 Å². The number of anilines is 1. The number of H-pyrrole nitrogens is 1. The molecular formula is C16H16N6O2. The van der Waals surface area contributed by atoms with Crippen LogP contribution in [-0.2, 0) is 6.54 Å². The number of hydrogen-bond acceptors (Lipinski definition) is 5. The van der Waals surface area contributed by atoms with E-state index in [0.29, 0.717) is 17.6 Å². The minimum atomic E-state index is -0.545. The molecule has 0 saturated carbocycles. The Balaban J connectivity index is 2.11. The van der Waals surface area contributed by atoms with Crippen LogP contribution in [0.5, 0.6) is 0 Å². The van der Waals surface area contributed by atoms with Crippen molar-refractivity contribution in [2.45, 2.75) is 13.5 Å². The number of rotatable bonds is 3. The van der Waals surface area contributed by atoms with Gasteiger partial charge in [0.15, 0.2) is 0 Å². The highest BCUT2D eigenvalue weighted by molar-refractivity contribution is 6.05. The van der Waals surface area contributed by atoms with Crippen LogP contribution in [0.3, 0.4) is 0 Å². The van der Waals surface area contributed by atoms with E-state index in [1.54, 1.807) is 0 Å². The fraction of sp³-hybridized carbons (Fsp3) is 0.125. The summed E-state index contributed by atoms with van der Waals surface area (Å²) in [6.45, 7) is 1.79. The van der Waals surface area contributed by atoms with Gasteiger partial charge in [0, 0.05) is 0 Å². The lowest BCUT2D eigenvalue weighted by molar-refractivity contribution is 0.0972. The number of imidazole rings is 1. The Hall–Kier alpha value is -3.42. The number of amidine groups is 1. The summed E-state index contributed by atoms with van der Waals surface area (Å²) in [7, 11) is 0. The number of fused-ring (bicyclic) bond motifs is 1. The molecule has 0 atom stereocenters. The molecule has 0 aliphatic rings. The highest BCUT2D eigenvalue weighted by atomic mass is 16.2. The first-order valence-corrected chi connectivity index (χ1v) is 7.25. The topological polar surface area (TPSA) is 130 Å². The van der Waals surface area contributed by atoms with Crippen molar-refractivity contribution in [2.75, 3.05) is 5.73 Å². The summed E-state index contributed by atoms with van der Waals surface area (Å²) in [6, 6.07) is 11.0. The van der Waals surface area contributed by atoms with Gasteiger partial charge in [0.05, 0.1) is 17.9 Å². The van der Waals surface area contributed by atoms with Crippen LogP contribution in [-0.4, -0.2) is 26.3 Å². The van der Waals surface area contributed by atoms with Crippen molar-refractivity contribution in [3.8, 4) is 0 Å². The molecule has 0 aliphatic carbocycles. The number of aromatic nitrogens is 3. The largest absolute Gasteiger partial charge is 0.382 e. The predicted octanol–water partition coefficient (Wildman–Crippen LogP) is 1.08. The Morgan fingerprint density at radius 3 is 2.75 bits per heavy atom. The molecule has 0 aliphatic heterocycles. The molecule has 5 N–H and O–H groups in total. The molecular weight excluding hydrogens is 308 g/mol. The lowest BCUT2D eigenvalue weighted by Crippen LogP contribution is -2.28. The normalized spacial score (nSPS) is 10.7. The lowest BCUT2D eigenvalue weighted by Gasteiger charge is -2.07. The number of nitrogens with zero attached hydrogens (tertiary/aromatic N) is 2. The van der Waals surface area contributed by atoms with E-state index in [2.05, 4.69) is 15.3 Å². The van der Waals surface area contributed by atoms with E-state index in [1.807, 2.05) is 30.3 Å². The van der Waals surface area contributed by atoms with Gasteiger partial charge in [0.2, 0.25) is 0 Å². The van der Waals surface area contributed by atoms with Crippen LogP contribution in [0.1, 0.15) is 23.0 Å². The molecule has 2 heterocycles. The van der Waals surface area contributed by atoms with Crippen molar-refractivity contribution < 1.29 is 4.79 Å². The summed E-state index contributed by atoms with van der Waals surface area (Å²) < 4.78 is 1.50. The first kappa shape index (κ1) is 15.5. The van der Waals surface area contributed by atoms with Crippen LogP contribution in [0.15, 0.2) is 41.2 Å². The summed E-state index contributed by atoms with van der Waals surface area (Å²) in [4.78, 5) is 31.0. The number of benzene rings is 1. The maximum Gasteiger partial charge on any atom is 0.326 e. The van der Waals surface area contributed by atoms with Gasteiger partial charge in [0.1, 0.15) is 17.0 Å². The van der Waals surface area contributed by atoms with Gasteiger partial charge >= 0.3 is 5.69 Å². The van der Waals surface area contributed by atoms with Gasteiger partial charge in [-0.05, 0) is 18.6 Å². The van der Waals surface area contributed by atoms with Gasteiger partial charge in [0.25, 0.3) is 5.91 Å². The summed E-state index contributed by atoms with van der Waals surface area (Å²) in [6.07, 6.45) is 0. The second-order valence-electron chi connectivity index (χ2n) is 5.37. The van der Waals surface area contributed by atoms with Crippen LogP contribution >= 0.6 is 0 Å². The third kappa shape index (κ3) is 2.89. The van der Waals surface area contributed by atoms with Crippen LogP contribution in [0.4, 0.5) is 5.82 Å². The summed E-state index contributed by atoms with van der Waals surface area (Å²) >= 11 is 0. The third-order valence-electron chi connectivity index (χ3n) is 3.51. The SMILES string of the molecule is CC(=N)NC(=O)c1cc2c([nH]c(=O)n2Cc2ccccc2)c(N)n1. The molecule has 24 heavy (non-hydrogen) atoms. The van der Waals surface area contributed by atoms with E-state index in [1.165, 1.54) is 17.6 Å². The van der Waals surface area contributed by atoms with Crippen LogP contribution in [0.25, 0.3) is 11.0 Å². The summed E-state index contributed by atoms with van der Waals surface area (Å²) in [5.41, 5.74) is 7.41. The van der Waals surface area contributed by atoms with E-state index in [9.17, 15) is 9.59 Å². The highest BCUT2D eigenvalue weighted by Gasteiger charge is 2.16. The van der Waals surface area contributed by atoms with E-state index in [0.717, 1.165) is 5.56 Å². The maximum atomic E-state index is 12.2. The highest BCUT2D eigenvalue weighted by Crippen LogP contribution is 2.18. The van der Waals surface area contributed by atoms with Crippen molar-refractivity contribution in [2.24, 2.45) is 0 Å². The Kier molecular flexibility index (Phi) is 3.87. The smallest absolute Gasteiger partial charge is 0.326 e. The Labute approximate surface area is 136 Å². The minimum Gasteiger partial charge on any atom is -0.382 e. The monoisotopic (exact) mass is 324 g/mol. The molecule has 0 radical (unpaired) electrons. The molecule has 0 bridgehead atoms. The van der Waals surface area contributed by atoms with E-state index < -0.39 is 5.91 Å². The summed E-state index contributed by atoms with van der Waals surface area (Å²) in [5.74, 6) is -0.489. The zero-order chi connectivity index (χ0) is 17.3. The number of carbonyl (C=O) groups is 1. The maximum absolute atomic E-state index is 12.2. The van der Waals surface area contributed by atoms with Crippen LogP contribution < -0.4 is 16.7 Å². The summed E-state index contributed by atoms with van der Waals surface area (Å²) in [5, 5.41) is 9.69. The van der Waals surface area contributed by atoms with Gasteiger partial charge in [-0.25, -0.2) is 9.78 Å². The quantitative estimate of drug-likeness (QED) is 0.424. The number of amides is 1. The average Bonchev–Trinajstić information content (AvgIpc) is 2.85. The molecule has 8 heteroatoms. The number of aromatic amines is 1. The van der Waals surface area contributed by atoms with Gasteiger partial charge in [-0.2, -0.15) is 0 Å². The van der Waals surface area contributed by atoms with Crippen molar-refractivity contribution in [3.63, 3.8) is 0 Å². The Morgan fingerprint density at radius 1 is 1.38 bits per heavy atom. The minimum absolute atomic E-state index is 0.00351. The molecule has 0 fully saturated rings. The molecule has 8 nitrogen and oxygen atoms in total. The number of hydrogen-bond donors (Lipinski definition) is 4. The first-order chi connectivity index (χ1) is 11.5. The first-order valence-electron chi connectivity index (χ1n) is 7.25. The zero-order valence-electron chi connectivity index (χ0n) is 13.0. The second-order valence-corrected chi connectivity index (χ2v) is 5.37. The second kappa shape index (κ2) is 5.99.